The number of aryl methyl sites for hydroxylation is 1. The number of piperazine rings is 1. The molecular weight excluding hydrogens is 504 g/mol. The van der Waals surface area contributed by atoms with Crippen LogP contribution in [0.25, 0.3) is 21.8 Å². The van der Waals surface area contributed by atoms with E-state index in [1.807, 2.05) is 42.2 Å². The van der Waals surface area contributed by atoms with Gasteiger partial charge in [0.25, 0.3) is 0 Å². The third-order valence-electron chi connectivity index (χ3n) is 7.86. The summed E-state index contributed by atoms with van der Waals surface area (Å²) in [4.78, 5) is 28.4. The molecule has 0 spiro atoms. The van der Waals surface area contributed by atoms with Gasteiger partial charge in [0.2, 0.25) is 11.9 Å². The third kappa shape index (κ3) is 4.81. The van der Waals surface area contributed by atoms with Gasteiger partial charge in [0, 0.05) is 57.4 Å². The summed E-state index contributed by atoms with van der Waals surface area (Å²) >= 11 is 0. The maximum atomic E-state index is 12.2. The second-order valence-corrected chi connectivity index (χ2v) is 10.6. The van der Waals surface area contributed by atoms with Crippen LogP contribution in [-0.2, 0) is 4.79 Å². The number of benzene rings is 2. The van der Waals surface area contributed by atoms with E-state index in [4.69, 9.17) is 14.7 Å². The van der Waals surface area contributed by atoms with Crippen LogP contribution in [0.1, 0.15) is 12.0 Å². The predicted octanol–water partition coefficient (Wildman–Crippen LogP) is 4.32. The molecule has 2 saturated heterocycles. The van der Waals surface area contributed by atoms with E-state index in [1.165, 1.54) is 6.08 Å². The molecule has 1 atom stereocenters. The van der Waals surface area contributed by atoms with E-state index in [2.05, 4.69) is 45.5 Å². The molecule has 1 amide bonds. The Morgan fingerprint density at radius 1 is 1.18 bits per heavy atom. The van der Waals surface area contributed by atoms with Gasteiger partial charge in [-0.3, -0.25) is 9.89 Å². The average molecular weight is 539 g/mol. The molecule has 40 heavy (non-hydrogen) atoms. The van der Waals surface area contributed by atoms with Gasteiger partial charge in [-0.2, -0.15) is 10.1 Å². The Labute approximate surface area is 233 Å². The largest absolute Gasteiger partial charge is 0.454 e. The van der Waals surface area contributed by atoms with E-state index in [0.29, 0.717) is 43.8 Å². The second kappa shape index (κ2) is 10.5. The summed E-state index contributed by atoms with van der Waals surface area (Å²) in [6.45, 7) is 14.0. The lowest BCUT2D eigenvalue weighted by atomic mass is 10.1. The van der Waals surface area contributed by atoms with Gasteiger partial charge in [-0.25, -0.2) is 4.98 Å². The Hall–Kier alpha value is -4.60. The van der Waals surface area contributed by atoms with Crippen LogP contribution >= 0.6 is 0 Å². The molecule has 10 nitrogen and oxygen atoms in total. The zero-order chi connectivity index (χ0) is 27.8. The van der Waals surface area contributed by atoms with Crippen LogP contribution in [0.4, 0.5) is 11.8 Å². The number of hydrogen-bond donors (Lipinski definition) is 2. The lowest BCUT2D eigenvalue weighted by Gasteiger charge is -2.35. The monoisotopic (exact) mass is 538 g/mol. The standard InChI is InChI=1S/C30H34N8O2/c1-5-26(39)37-11-13-38(14-12-37)29-22-7-6-8-25(40-28-19(2)9-10-24-23(28)17-32-35-24)27(22)33-30(34-29)31-16-21-15-20(3)36(4)18-21/h5-10,17,21H,1,3,11-16,18H2,2,4H3,(H,32,35)(H,31,33,34). The Balaban J connectivity index is 1.37. The molecule has 4 heterocycles. The van der Waals surface area contributed by atoms with Crippen molar-refractivity contribution < 1.29 is 9.53 Å². The van der Waals surface area contributed by atoms with Crippen LogP contribution in [0, 0.1) is 12.8 Å². The fourth-order valence-corrected chi connectivity index (χ4v) is 5.57. The van der Waals surface area contributed by atoms with E-state index in [0.717, 1.165) is 64.1 Å². The first kappa shape index (κ1) is 25.7. The quantitative estimate of drug-likeness (QED) is 0.336. The Morgan fingerprint density at radius 3 is 2.75 bits per heavy atom. The number of H-pyrrole nitrogens is 1. The van der Waals surface area contributed by atoms with Crippen molar-refractivity contribution in [1.82, 2.24) is 30.0 Å². The van der Waals surface area contributed by atoms with Gasteiger partial charge >= 0.3 is 0 Å². The molecule has 0 aliphatic carbocycles. The number of carbonyl (C=O) groups is 1. The van der Waals surface area contributed by atoms with Crippen LogP contribution in [0.2, 0.25) is 0 Å². The first-order valence-electron chi connectivity index (χ1n) is 13.6. The normalized spacial score (nSPS) is 17.6. The highest BCUT2D eigenvalue weighted by Crippen LogP contribution is 2.38. The number of nitrogens with one attached hydrogen (secondary N) is 2. The molecule has 1 unspecified atom stereocenters. The molecule has 2 N–H and O–H groups in total. The van der Waals surface area contributed by atoms with Gasteiger partial charge in [0.15, 0.2) is 5.75 Å². The molecule has 2 aliphatic rings. The number of aromatic amines is 1. The molecule has 6 rings (SSSR count). The number of rotatable bonds is 7. The highest BCUT2D eigenvalue weighted by molar-refractivity contribution is 5.95. The van der Waals surface area contributed by atoms with Crippen molar-refractivity contribution in [3.05, 3.63) is 67.0 Å². The molecule has 2 aromatic carbocycles. The summed E-state index contributed by atoms with van der Waals surface area (Å²) in [5.41, 5.74) is 3.80. The number of nitrogens with zero attached hydrogens (tertiary/aromatic N) is 6. The number of fused-ring (bicyclic) bond motifs is 2. The van der Waals surface area contributed by atoms with Crippen molar-refractivity contribution in [3.63, 3.8) is 0 Å². The fourth-order valence-electron chi connectivity index (χ4n) is 5.57. The third-order valence-corrected chi connectivity index (χ3v) is 7.86. The number of amides is 1. The van der Waals surface area contributed by atoms with Crippen molar-refractivity contribution in [2.45, 2.75) is 13.3 Å². The van der Waals surface area contributed by atoms with Crippen molar-refractivity contribution in [2.75, 3.05) is 56.5 Å². The van der Waals surface area contributed by atoms with Crippen molar-refractivity contribution in [3.8, 4) is 11.5 Å². The van der Waals surface area contributed by atoms with E-state index >= 15 is 0 Å². The van der Waals surface area contributed by atoms with Crippen molar-refractivity contribution in [1.29, 1.82) is 0 Å². The van der Waals surface area contributed by atoms with E-state index in [-0.39, 0.29) is 5.91 Å². The topological polar surface area (TPSA) is 103 Å². The molecule has 2 aliphatic heterocycles. The van der Waals surface area contributed by atoms with Crippen LogP contribution in [-0.4, -0.2) is 82.2 Å². The van der Waals surface area contributed by atoms with E-state index in [9.17, 15) is 4.79 Å². The molecule has 0 radical (unpaired) electrons. The summed E-state index contributed by atoms with van der Waals surface area (Å²) in [5, 5.41) is 12.5. The maximum Gasteiger partial charge on any atom is 0.246 e. The number of likely N-dealkylation sites (tertiary alicyclic amines) is 1. The molecule has 206 valence electrons. The minimum Gasteiger partial charge on any atom is -0.454 e. The van der Waals surface area contributed by atoms with Gasteiger partial charge < -0.3 is 24.8 Å². The zero-order valence-electron chi connectivity index (χ0n) is 23.0. The smallest absolute Gasteiger partial charge is 0.246 e. The lowest BCUT2D eigenvalue weighted by Crippen LogP contribution is -2.48. The number of hydrogen-bond acceptors (Lipinski definition) is 8. The highest BCUT2D eigenvalue weighted by Gasteiger charge is 2.25. The first-order valence-corrected chi connectivity index (χ1v) is 13.6. The van der Waals surface area contributed by atoms with Crippen LogP contribution < -0.4 is 15.0 Å². The summed E-state index contributed by atoms with van der Waals surface area (Å²) in [6.07, 6.45) is 4.11. The summed E-state index contributed by atoms with van der Waals surface area (Å²) in [6, 6.07) is 9.97. The minimum absolute atomic E-state index is 0.0443. The Kier molecular flexibility index (Phi) is 6.75. The second-order valence-electron chi connectivity index (χ2n) is 10.6. The molecule has 2 fully saturated rings. The van der Waals surface area contributed by atoms with Gasteiger partial charge in [-0.1, -0.05) is 25.3 Å². The number of carbonyl (C=O) groups excluding carboxylic acids is 1. The molecule has 4 aromatic rings. The number of aromatic nitrogens is 4. The van der Waals surface area contributed by atoms with Gasteiger partial charge in [0.05, 0.1) is 17.1 Å². The number of allylic oxidation sites excluding steroid dienone is 1. The van der Waals surface area contributed by atoms with Gasteiger partial charge in [-0.05, 0) is 49.1 Å². The summed E-state index contributed by atoms with van der Waals surface area (Å²) < 4.78 is 6.58. The number of anilines is 2. The predicted molar refractivity (Wildman–Crippen MR) is 158 cm³/mol. The first-order chi connectivity index (χ1) is 19.4. The van der Waals surface area contributed by atoms with Gasteiger partial charge in [0.1, 0.15) is 17.1 Å². The molecule has 2 aromatic heterocycles. The van der Waals surface area contributed by atoms with Crippen molar-refractivity contribution in [2.24, 2.45) is 5.92 Å². The fraction of sp³-hybridized carbons (Fsp3) is 0.333. The van der Waals surface area contributed by atoms with Gasteiger partial charge in [-0.15, -0.1) is 0 Å². The summed E-state index contributed by atoms with van der Waals surface area (Å²) in [7, 11) is 2.08. The highest BCUT2D eigenvalue weighted by atomic mass is 16.5. The van der Waals surface area contributed by atoms with E-state index in [1.54, 1.807) is 6.20 Å². The van der Waals surface area contributed by atoms with Crippen LogP contribution in [0.5, 0.6) is 11.5 Å². The summed E-state index contributed by atoms with van der Waals surface area (Å²) in [5.74, 6) is 3.17. The van der Waals surface area contributed by atoms with Crippen LogP contribution in [0.3, 0.4) is 0 Å². The number of para-hydroxylation sites is 1. The minimum atomic E-state index is -0.0443. The Bertz CT molecular complexity index is 1600. The van der Waals surface area contributed by atoms with E-state index < -0.39 is 0 Å². The SMILES string of the molecule is C=CC(=O)N1CCN(c2nc(NCC3CC(=C)N(C)C3)nc3c(Oc4c(C)ccc5[nH]ncc45)cccc23)CC1. The molecule has 10 heteroatoms. The van der Waals surface area contributed by atoms with Crippen LogP contribution in [0.15, 0.2) is 61.5 Å². The Morgan fingerprint density at radius 2 is 2.00 bits per heavy atom. The molecule has 0 bridgehead atoms. The molecular formula is C30H34N8O2. The zero-order valence-corrected chi connectivity index (χ0v) is 23.0. The lowest BCUT2D eigenvalue weighted by molar-refractivity contribution is -0.126. The maximum absolute atomic E-state index is 12.2. The molecule has 0 saturated carbocycles. The van der Waals surface area contributed by atoms with Crippen molar-refractivity contribution >= 4 is 39.5 Å². The average Bonchev–Trinajstić information content (AvgIpc) is 3.58. The number of ether oxygens (including phenoxy) is 1.